The average Bonchev–Trinajstić information content (AvgIpc) is 2.36. The summed E-state index contributed by atoms with van der Waals surface area (Å²) in [6.07, 6.45) is 8.48. The lowest BCUT2D eigenvalue weighted by molar-refractivity contribution is 0.684. The molecule has 13 heavy (non-hydrogen) atoms. The molecule has 0 saturated carbocycles. The molecule has 0 amide bonds. The molecule has 1 aromatic heterocycles. The number of hydrogen-bond donors (Lipinski definition) is 0. The van der Waals surface area contributed by atoms with E-state index in [4.69, 9.17) is 0 Å². The fraction of sp³-hybridized carbons (Fsp3) is 0.364. The first kappa shape index (κ1) is 8.70. The quantitative estimate of drug-likeness (QED) is 0.613. The van der Waals surface area contributed by atoms with Crippen molar-refractivity contribution in [1.82, 2.24) is 4.98 Å². The molecule has 0 radical (unpaired) electrons. The van der Waals surface area contributed by atoms with Crippen LogP contribution in [0.3, 0.4) is 0 Å². The number of thiazole rings is 1. The van der Waals surface area contributed by atoms with Crippen LogP contribution in [0.25, 0.3) is 6.08 Å². The number of rotatable bonds is 0. The van der Waals surface area contributed by atoms with E-state index in [1.54, 1.807) is 11.3 Å². The van der Waals surface area contributed by atoms with E-state index in [9.17, 15) is 0 Å². The largest absolute Gasteiger partial charge is 0.242 e. The molecule has 1 aliphatic rings. The second kappa shape index (κ2) is 2.81. The van der Waals surface area contributed by atoms with Crippen LogP contribution in [0.5, 0.6) is 0 Å². The van der Waals surface area contributed by atoms with Crippen LogP contribution in [0.2, 0.25) is 0 Å². The van der Waals surface area contributed by atoms with Gasteiger partial charge in [-0.25, -0.2) is 4.98 Å². The molecule has 0 aromatic carbocycles. The lowest BCUT2D eigenvalue weighted by Gasteiger charge is -2.17. The Balaban J connectivity index is 2.63. The van der Waals surface area contributed by atoms with Gasteiger partial charge in [0.15, 0.2) is 0 Å². The number of aromatic nitrogens is 1. The SMILES string of the molecule is Cc1nc2c(s1)C(C)(C)C=CC=C2. The molecule has 0 bridgehead atoms. The van der Waals surface area contributed by atoms with E-state index in [1.807, 2.05) is 0 Å². The van der Waals surface area contributed by atoms with Crippen molar-refractivity contribution >= 4 is 17.4 Å². The fourth-order valence-corrected chi connectivity index (χ4v) is 2.53. The van der Waals surface area contributed by atoms with Crippen LogP contribution in [0.1, 0.15) is 29.4 Å². The van der Waals surface area contributed by atoms with Crippen molar-refractivity contribution in [2.75, 3.05) is 0 Å². The normalized spacial score (nSPS) is 18.4. The summed E-state index contributed by atoms with van der Waals surface area (Å²) >= 11 is 1.80. The maximum Gasteiger partial charge on any atom is 0.0904 e. The van der Waals surface area contributed by atoms with Gasteiger partial charge in [-0.15, -0.1) is 11.3 Å². The third-order valence-electron chi connectivity index (χ3n) is 2.22. The van der Waals surface area contributed by atoms with Crippen LogP contribution < -0.4 is 0 Å². The van der Waals surface area contributed by atoms with Gasteiger partial charge >= 0.3 is 0 Å². The molecule has 0 spiro atoms. The van der Waals surface area contributed by atoms with Crippen LogP contribution in [-0.2, 0) is 5.41 Å². The smallest absolute Gasteiger partial charge is 0.0904 e. The van der Waals surface area contributed by atoms with Crippen LogP contribution in [0, 0.1) is 6.92 Å². The molecule has 1 nitrogen and oxygen atoms in total. The van der Waals surface area contributed by atoms with Gasteiger partial charge in [0.2, 0.25) is 0 Å². The minimum Gasteiger partial charge on any atom is -0.242 e. The predicted octanol–water partition coefficient (Wildman–Crippen LogP) is 3.31. The van der Waals surface area contributed by atoms with Crippen molar-refractivity contribution < 1.29 is 0 Å². The summed E-state index contributed by atoms with van der Waals surface area (Å²) in [7, 11) is 0. The molecule has 0 saturated heterocycles. The molecule has 2 heteroatoms. The number of allylic oxidation sites excluding steroid dienone is 3. The Labute approximate surface area is 82.8 Å². The van der Waals surface area contributed by atoms with E-state index >= 15 is 0 Å². The Bertz CT molecular complexity index is 383. The summed E-state index contributed by atoms with van der Waals surface area (Å²) in [5, 5.41) is 1.15. The van der Waals surface area contributed by atoms with Gasteiger partial charge in [0, 0.05) is 10.3 Å². The van der Waals surface area contributed by atoms with Crippen LogP contribution in [0.15, 0.2) is 18.2 Å². The lowest BCUT2D eigenvalue weighted by atomic mass is 9.91. The third kappa shape index (κ3) is 1.46. The summed E-state index contributed by atoms with van der Waals surface area (Å²) in [5.41, 5.74) is 1.27. The maximum atomic E-state index is 4.50. The highest BCUT2D eigenvalue weighted by atomic mass is 32.1. The molecule has 68 valence electrons. The van der Waals surface area contributed by atoms with Crippen LogP contribution >= 0.6 is 11.3 Å². The molecular formula is C11H13NS. The molecule has 0 unspecified atom stereocenters. The molecule has 0 fully saturated rings. The number of aryl methyl sites for hydroxylation is 1. The van der Waals surface area contributed by atoms with E-state index in [2.05, 4.69) is 50.1 Å². The van der Waals surface area contributed by atoms with Gasteiger partial charge in [-0.3, -0.25) is 0 Å². The van der Waals surface area contributed by atoms with E-state index < -0.39 is 0 Å². The van der Waals surface area contributed by atoms with Crippen molar-refractivity contribution in [3.63, 3.8) is 0 Å². The zero-order valence-electron chi connectivity index (χ0n) is 8.16. The molecule has 1 aromatic rings. The second-order valence-electron chi connectivity index (χ2n) is 3.89. The van der Waals surface area contributed by atoms with Crippen molar-refractivity contribution in [3.8, 4) is 0 Å². The molecule has 1 aliphatic carbocycles. The molecule has 0 N–H and O–H groups in total. The molecule has 0 atom stereocenters. The first-order valence-electron chi connectivity index (χ1n) is 4.43. The third-order valence-corrected chi connectivity index (χ3v) is 3.55. The highest BCUT2D eigenvalue weighted by Gasteiger charge is 2.24. The predicted molar refractivity (Wildman–Crippen MR) is 58.1 cm³/mol. The summed E-state index contributed by atoms with van der Waals surface area (Å²) in [6, 6.07) is 0. The van der Waals surface area contributed by atoms with Crippen molar-refractivity contribution in [2.45, 2.75) is 26.2 Å². The Morgan fingerprint density at radius 2 is 2.08 bits per heavy atom. The zero-order valence-corrected chi connectivity index (χ0v) is 8.98. The van der Waals surface area contributed by atoms with Gasteiger partial charge in [-0.2, -0.15) is 0 Å². The number of nitrogens with zero attached hydrogens (tertiary/aromatic N) is 1. The number of fused-ring (bicyclic) bond motifs is 1. The zero-order chi connectivity index (χ0) is 9.47. The van der Waals surface area contributed by atoms with Crippen molar-refractivity contribution in [3.05, 3.63) is 33.8 Å². The highest BCUT2D eigenvalue weighted by molar-refractivity contribution is 7.12. The fourth-order valence-electron chi connectivity index (χ4n) is 1.54. The lowest BCUT2D eigenvalue weighted by Crippen LogP contribution is -2.11. The van der Waals surface area contributed by atoms with E-state index in [1.165, 1.54) is 4.88 Å². The monoisotopic (exact) mass is 191 g/mol. The Morgan fingerprint density at radius 1 is 1.31 bits per heavy atom. The minimum absolute atomic E-state index is 0.130. The van der Waals surface area contributed by atoms with E-state index in [0.717, 1.165) is 10.7 Å². The standard InChI is InChI=1S/C11H13NS/c1-8-12-9-6-4-5-7-11(2,3)10(9)13-8/h4-7H,1-3H3. The van der Waals surface area contributed by atoms with Gasteiger partial charge < -0.3 is 0 Å². The van der Waals surface area contributed by atoms with Gasteiger partial charge in [-0.1, -0.05) is 32.1 Å². The van der Waals surface area contributed by atoms with Gasteiger partial charge in [0.05, 0.1) is 10.7 Å². The topological polar surface area (TPSA) is 12.9 Å². The molecular weight excluding hydrogens is 178 g/mol. The minimum atomic E-state index is 0.130. The average molecular weight is 191 g/mol. The Morgan fingerprint density at radius 3 is 2.85 bits per heavy atom. The highest BCUT2D eigenvalue weighted by Crippen LogP contribution is 2.35. The summed E-state index contributed by atoms with van der Waals surface area (Å²) in [6.45, 7) is 6.52. The van der Waals surface area contributed by atoms with E-state index in [-0.39, 0.29) is 5.41 Å². The van der Waals surface area contributed by atoms with Gasteiger partial charge in [0.1, 0.15) is 0 Å². The van der Waals surface area contributed by atoms with Crippen molar-refractivity contribution in [1.29, 1.82) is 0 Å². The summed E-state index contributed by atoms with van der Waals surface area (Å²) in [5.74, 6) is 0. The van der Waals surface area contributed by atoms with Crippen molar-refractivity contribution in [2.24, 2.45) is 0 Å². The van der Waals surface area contributed by atoms with E-state index in [0.29, 0.717) is 0 Å². The Kier molecular flexibility index (Phi) is 1.88. The van der Waals surface area contributed by atoms with Gasteiger partial charge in [-0.05, 0) is 13.0 Å². The molecule has 2 rings (SSSR count). The number of hydrogen-bond acceptors (Lipinski definition) is 2. The van der Waals surface area contributed by atoms with Crippen LogP contribution in [0.4, 0.5) is 0 Å². The molecule has 0 aliphatic heterocycles. The second-order valence-corrected chi connectivity index (χ2v) is 5.09. The summed E-state index contributed by atoms with van der Waals surface area (Å²) in [4.78, 5) is 5.87. The Hall–Kier alpha value is -0.890. The maximum absolute atomic E-state index is 4.50. The van der Waals surface area contributed by atoms with Crippen LogP contribution in [-0.4, -0.2) is 4.98 Å². The first-order chi connectivity index (χ1) is 6.09. The molecule has 1 heterocycles. The summed E-state index contributed by atoms with van der Waals surface area (Å²) < 4.78 is 0. The first-order valence-corrected chi connectivity index (χ1v) is 5.25. The van der Waals surface area contributed by atoms with Gasteiger partial charge in [0.25, 0.3) is 0 Å².